The summed E-state index contributed by atoms with van der Waals surface area (Å²) in [5.74, 6) is 0. The molecule has 0 N–H and O–H groups in total. The highest BCUT2D eigenvalue weighted by Crippen LogP contribution is 2.20. The fourth-order valence-electron chi connectivity index (χ4n) is 1.82. The lowest BCUT2D eigenvalue weighted by Crippen LogP contribution is -1.93. The molecule has 0 saturated carbocycles. The second-order valence-electron chi connectivity index (χ2n) is 3.53. The van der Waals surface area contributed by atoms with Crippen molar-refractivity contribution in [1.82, 2.24) is 4.57 Å². The minimum atomic E-state index is 0.898. The van der Waals surface area contributed by atoms with Crippen LogP contribution in [-0.4, -0.2) is 17.4 Å². The van der Waals surface area contributed by atoms with Crippen LogP contribution in [0.1, 0.15) is 12.5 Å². The van der Waals surface area contributed by atoms with Gasteiger partial charge in [-0.3, -0.25) is 0 Å². The summed E-state index contributed by atoms with van der Waals surface area (Å²) in [6.07, 6.45) is 2.07. The normalized spacial score (nSPS) is 12.1. The van der Waals surface area contributed by atoms with Crippen LogP contribution in [0.15, 0.2) is 35.6 Å². The van der Waals surface area contributed by atoms with Gasteiger partial charge in [0.15, 0.2) is 0 Å². The predicted molar refractivity (Wildman–Crippen MR) is 62.1 cm³/mol. The molecule has 0 radical (unpaired) electrons. The smallest absolute Gasteiger partial charge is 0.106 e. The molecule has 1 aromatic heterocycles. The number of hydrogen-bond acceptors (Lipinski definition) is 2. The largest absolute Gasteiger partial charge is 0.399 e. The molecule has 1 heterocycles. The Morgan fingerprint density at radius 3 is 2.80 bits per heavy atom. The maximum atomic E-state index is 4.79. The molecule has 78 valence electrons. The summed E-state index contributed by atoms with van der Waals surface area (Å²) < 4.78 is 2.10. The number of aryl methyl sites for hydroxylation is 1. The first-order valence-corrected chi connectivity index (χ1v) is 4.86. The van der Waals surface area contributed by atoms with Crippen LogP contribution in [-0.2, 0) is 11.9 Å². The van der Waals surface area contributed by atoms with Crippen molar-refractivity contribution >= 4 is 16.6 Å². The minimum absolute atomic E-state index is 0.898. The van der Waals surface area contributed by atoms with Crippen LogP contribution < -0.4 is 0 Å². The molecule has 15 heavy (non-hydrogen) atoms. The van der Waals surface area contributed by atoms with E-state index < -0.39 is 0 Å². The number of para-hydroxylation sites is 1. The average molecular weight is 202 g/mol. The number of hydrogen-bond donors (Lipinski definition) is 0. The first-order valence-electron chi connectivity index (χ1n) is 4.86. The van der Waals surface area contributed by atoms with E-state index in [2.05, 4.69) is 28.1 Å². The second-order valence-corrected chi connectivity index (χ2v) is 3.53. The van der Waals surface area contributed by atoms with Gasteiger partial charge in [-0.25, -0.2) is 0 Å². The van der Waals surface area contributed by atoms with Crippen LogP contribution in [0, 0.1) is 0 Å². The van der Waals surface area contributed by atoms with Gasteiger partial charge in [0.25, 0.3) is 0 Å². The molecular formula is C12H14N2O. The van der Waals surface area contributed by atoms with E-state index in [0.717, 1.165) is 11.3 Å². The van der Waals surface area contributed by atoms with E-state index in [1.165, 1.54) is 10.9 Å². The topological polar surface area (TPSA) is 26.5 Å². The van der Waals surface area contributed by atoms with E-state index in [0.29, 0.717) is 0 Å². The standard InChI is InChI=1S/C12H14N2O/c1-9(13-15-3)11-8-14(2)12-7-5-4-6-10(11)12/h4-8H,1-3H3/b13-9+. The zero-order chi connectivity index (χ0) is 10.8. The summed E-state index contributed by atoms with van der Waals surface area (Å²) in [7, 11) is 3.60. The second kappa shape index (κ2) is 3.77. The van der Waals surface area contributed by atoms with E-state index in [1.807, 2.05) is 26.1 Å². The van der Waals surface area contributed by atoms with E-state index in [4.69, 9.17) is 4.84 Å². The molecule has 0 aliphatic carbocycles. The fourth-order valence-corrected chi connectivity index (χ4v) is 1.82. The van der Waals surface area contributed by atoms with Crippen molar-refractivity contribution in [1.29, 1.82) is 0 Å². The van der Waals surface area contributed by atoms with Gasteiger partial charge >= 0.3 is 0 Å². The van der Waals surface area contributed by atoms with Gasteiger partial charge in [-0.05, 0) is 13.0 Å². The highest BCUT2D eigenvalue weighted by atomic mass is 16.6. The van der Waals surface area contributed by atoms with Gasteiger partial charge < -0.3 is 9.40 Å². The summed E-state index contributed by atoms with van der Waals surface area (Å²) >= 11 is 0. The highest BCUT2D eigenvalue weighted by molar-refractivity contribution is 6.09. The Morgan fingerprint density at radius 2 is 2.07 bits per heavy atom. The summed E-state index contributed by atoms with van der Waals surface area (Å²) in [5, 5.41) is 5.17. The van der Waals surface area contributed by atoms with Crippen molar-refractivity contribution in [2.75, 3.05) is 7.11 Å². The van der Waals surface area contributed by atoms with Crippen LogP contribution in [0.2, 0.25) is 0 Å². The Bertz CT molecular complexity index is 511. The number of fused-ring (bicyclic) bond motifs is 1. The van der Waals surface area contributed by atoms with Crippen LogP contribution in [0.25, 0.3) is 10.9 Å². The number of aromatic nitrogens is 1. The molecule has 2 rings (SSSR count). The monoisotopic (exact) mass is 202 g/mol. The van der Waals surface area contributed by atoms with E-state index in [1.54, 1.807) is 7.11 Å². The maximum absolute atomic E-state index is 4.79. The third kappa shape index (κ3) is 1.61. The van der Waals surface area contributed by atoms with Crippen molar-refractivity contribution in [2.24, 2.45) is 12.2 Å². The van der Waals surface area contributed by atoms with Gasteiger partial charge in [-0.2, -0.15) is 0 Å². The Balaban J connectivity index is 2.67. The lowest BCUT2D eigenvalue weighted by molar-refractivity contribution is 0.213. The van der Waals surface area contributed by atoms with Crippen LogP contribution in [0.5, 0.6) is 0 Å². The number of oxime groups is 1. The Morgan fingerprint density at radius 1 is 1.33 bits per heavy atom. The van der Waals surface area contributed by atoms with Crippen molar-refractivity contribution < 1.29 is 4.84 Å². The van der Waals surface area contributed by atoms with Gasteiger partial charge in [0, 0.05) is 29.7 Å². The van der Waals surface area contributed by atoms with Crippen molar-refractivity contribution in [3.63, 3.8) is 0 Å². The average Bonchev–Trinajstić information content (AvgIpc) is 2.58. The van der Waals surface area contributed by atoms with Crippen molar-refractivity contribution in [2.45, 2.75) is 6.92 Å². The Hall–Kier alpha value is -1.77. The van der Waals surface area contributed by atoms with E-state index in [9.17, 15) is 0 Å². The lowest BCUT2D eigenvalue weighted by atomic mass is 10.1. The molecule has 0 atom stereocenters. The highest BCUT2D eigenvalue weighted by Gasteiger charge is 2.08. The van der Waals surface area contributed by atoms with Gasteiger partial charge in [0.05, 0.1) is 5.71 Å². The molecule has 1 aromatic carbocycles. The van der Waals surface area contributed by atoms with Gasteiger partial charge in [0.2, 0.25) is 0 Å². The number of benzene rings is 1. The predicted octanol–water partition coefficient (Wildman–Crippen LogP) is 2.55. The maximum Gasteiger partial charge on any atom is 0.106 e. The van der Waals surface area contributed by atoms with Crippen molar-refractivity contribution in [3.05, 3.63) is 36.0 Å². The molecule has 0 unspecified atom stereocenters. The molecule has 0 aliphatic rings. The molecule has 3 heteroatoms. The molecule has 0 amide bonds. The fraction of sp³-hybridized carbons (Fsp3) is 0.250. The number of rotatable bonds is 2. The van der Waals surface area contributed by atoms with Crippen molar-refractivity contribution in [3.8, 4) is 0 Å². The van der Waals surface area contributed by atoms with Gasteiger partial charge in [0.1, 0.15) is 7.11 Å². The zero-order valence-corrected chi connectivity index (χ0v) is 9.19. The number of nitrogens with zero attached hydrogens (tertiary/aromatic N) is 2. The molecule has 0 fully saturated rings. The van der Waals surface area contributed by atoms with E-state index in [-0.39, 0.29) is 0 Å². The summed E-state index contributed by atoms with van der Waals surface area (Å²) in [6.45, 7) is 1.95. The quantitative estimate of drug-likeness (QED) is 0.543. The molecule has 0 saturated heterocycles. The van der Waals surface area contributed by atoms with Crippen LogP contribution in [0.4, 0.5) is 0 Å². The first-order chi connectivity index (χ1) is 7.24. The molecule has 0 aliphatic heterocycles. The molecule has 0 bridgehead atoms. The van der Waals surface area contributed by atoms with Crippen LogP contribution >= 0.6 is 0 Å². The molecule has 0 spiro atoms. The van der Waals surface area contributed by atoms with Gasteiger partial charge in [-0.15, -0.1) is 0 Å². The summed E-state index contributed by atoms with van der Waals surface area (Å²) in [6, 6.07) is 8.26. The lowest BCUT2D eigenvalue weighted by Gasteiger charge is -1.96. The summed E-state index contributed by atoms with van der Waals surface area (Å²) in [4.78, 5) is 4.79. The Kier molecular flexibility index (Phi) is 2.46. The van der Waals surface area contributed by atoms with Crippen LogP contribution in [0.3, 0.4) is 0 Å². The SMILES string of the molecule is CO/N=C(\C)c1cn(C)c2ccccc12. The minimum Gasteiger partial charge on any atom is -0.399 e. The molecule has 3 nitrogen and oxygen atoms in total. The summed E-state index contributed by atoms with van der Waals surface area (Å²) in [5.41, 5.74) is 3.22. The Labute approximate surface area is 89.0 Å². The molecule has 2 aromatic rings. The van der Waals surface area contributed by atoms with E-state index >= 15 is 0 Å². The van der Waals surface area contributed by atoms with Gasteiger partial charge in [-0.1, -0.05) is 23.4 Å². The third-order valence-corrected chi connectivity index (χ3v) is 2.51. The third-order valence-electron chi connectivity index (χ3n) is 2.51. The first kappa shape index (κ1) is 9.77. The zero-order valence-electron chi connectivity index (χ0n) is 9.19. The molecular weight excluding hydrogens is 188 g/mol.